The number of ether oxygens (including phenoxy) is 2. The van der Waals surface area contributed by atoms with Crippen molar-refractivity contribution >= 4 is 46.1 Å². The van der Waals surface area contributed by atoms with Crippen molar-refractivity contribution in [3.63, 3.8) is 0 Å². The summed E-state index contributed by atoms with van der Waals surface area (Å²) in [7, 11) is 3.57. The lowest BCUT2D eigenvalue weighted by molar-refractivity contribution is -0.122. The smallest absolute Gasteiger partial charge is 0.270 e. The largest absolute Gasteiger partial charge is 0.454 e. The van der Waals surface area contributed by atoms with E-state index < -0.39 is 0 Å². The highest BCUT2D eigenvalue weighted by Gasteiger charge is 2.33. The number of amides is 1. The van der Waals surface area contributed by atoms with Crippen molar-refractivity contribution in [2.24, 2.45) is 7.05 Å². The van der Waals surface area contributed by atoms with E-state index in [0.29, 0.717) is 44.2 Å². The number of thiocarbonyl (C=S) groups is 1. The first-order chi connectivity index (χ1) is 16.8. The molecule has 1 saturated heterocycles. The zero-order chi connectivity index (χ0) is 25.3. The first-order valence-electron chi connectivity index (χ1n) is 11.3. The van der Waals surface area contributed by atoms with E-state index in [1.807, 2.05) is 36.2 Å². The number of anilines is 1. The molecule has 1 aromatic heterocycles. The van der Waals surface area contributed by atoms with Crippen LogP contribution >= 0.6 is 24.0 Å². The van der Waals surface area contributed by atoms with E-state index in [-0.39, 0.29) is 23.8 Å². The van der Waals surface area contributed by atoms with Gasteiger partial charge >= 0.3 is 0 Å². The number of pyridine rings is 1. The van der Waals surface area contributed by atoms with Gasteiger partial charge in [-0.2, -0.15) is 5.26 Å². The predicted octanol–water partition coefficient (Wildman–Crippen LogP) is 3.93. The Balaban J connectivity index is 1.71. The van der Waals surface area contributed by atoms with E-state index in [0.717, 1.165) is 24.9 Å². The number of carbonyl (C=O) groups excluding carboxylic acids is 1. The van der Waals surface area contributed by atoms with Crippen molar-refractivity contribution in [2.45, 2.75) is 33.2 Å². The van der Waals surface area contributed by atoms with Crippen LogP contribution in [0.15, 0.2) is 27.9 Å². The summed E-state index contributed by atoms with van der Waals surface area (Å²) in [5, 5.41) is 9.63. The van der Waals surface area contributed by atoms with Crippen molar-refractivity contribution in [1.29, 1.82) is 5.26 Å². The second-order valence-corrected chi connectivity index (χ2v) is 10.1. The summed E-state index contributed by atoms with van der Waals surface area (Å²) in [5.74, 6) is 1.78. The third kappa shape index (κ3) is 4.66. The third-order valence-corrected chi connectivity index (χ3v) is 7.48. The van der Waals surface area contributed by atoms with Crippen LogP contribution in [0.3, 0.4) is 0 Å². The molecule has 1 fully saturated rings. The topological polar surface area (TPSA) is 87.8 Å². The average Bonchev–Trinajstić information content (AvgIpc) is 3.41. The van der Waals surface area contributed by atoms with E-state index in [4.69, 9.17) is 21.7 Å². The number of aromatic nitrogens is 1. The molecule has 8 nitrogen and oxygen atoms in total. The Morgan fingerprint density at radius 2 is 2.03 bits per heavy atom. The van der Waals surface area contributed by atoms with Crippen LogP contribution in [-0.2, 0) is 18.4 Å². The molecule has 0 saturated carbocycles. The maximum absolute atomic E-state index is 13.4. The molecule has 4 rings (SSSR count). The maximum Gasteiger partial charge on any atom is 0.270 e. The third-order valence-electron chi connectivity index (χ3n) is 6.10. The van der Waals surface area contributed by atoms with Crippen molar-refractivity contribution < 1.29 is 14.3 Å². The number of hydrogen-bond donors (Lipinski definition) is 0. The van der Waals surface area contributed by atoms with Crippen LogP contribution in [0.5, 0.6) is 11.5 Å². The molecule has 2 aliphatic heterocycles. The zero-order valence-electron chi connectivity index (χ0n) is 20.1. The summed E-state index contributed by atoms with van der Waals surface area (Å²) in [6.07, 6.45) is 3.70. The summed E-state index contributed by atoms with van der Waals surface area (Å²) in [6.45, 7) is 5.07. The fourth-order valence-corrected chi connectivity index (χ4v) is 5.40. The monoisotopic (exact) mass is 510 g/mol. The Morgan fingerprint density at radius 1 is 1.29 bits per heavy atom. The fraction of sp³-hybridized carbons (Fsp3) is 0.360. The van der Waals surface area contributed by atoms with E-state index in [9.17, 15) is 14.9 Å². The highest BCUT2D eigenvalue weighted by Crippen LogP contribution is 2.38. The predicted molar refractivity (Wildman–Crippen MR) is 141 cm³/mol. The van der Waals surface area contributed by atoms with Gasteiger partial charge in [0.1, 0.15) is 21.8 Å². The van der Waals surface area contributed by atoms with Gasteiger partial charge in [-0.15, -0.1) is 0 Å². The van der Waals surface area contributed by atoms with Gasteiger partial charge in [-0.1, -0.05) is 43.4 Å². The SMILES string of the molecule is CCCCN(C)c1c(/C=C2\SC(=S)N(Cc3ccc4c(c3)OCO4)C2=O)c(C)c(C#N)c(=O)n1C. The second kappa shape index (κ2) is 10.1. The lowest BCUT2D eigenvalue weighted by Gasteiger charge is -2.25. The van der Waals surface area contributed by atoms with Crippen molar-refractivity contribution in [1.82, 2.24) is 9.47 Å². The minimum absolute atomic E-state index is 0.0715. The number of benzene rings is 1. The molecule has 182 valence electrons. The lowest BCUT2D eigenvalue weighted by atomic mass is 10.0. The first-order valence-corrected chi connectivity index (χ1v) is 12.5. The number of thioether (sulfide) groups is 1. The minimum atomic E-state index is -0.351. The summed E-state index contributed by atoms with van der Waals surface area (Å²) < 4.78 is 12.7. The maximum atomic E-state index is 13.4. The van der Waals surface area contributed by atoms with Crippen LogP contribution in [0, 0.1) is 18.3 Å². The Hall–Kier alpha value is -3.29. The molecule has 2 aromatic rings. The van der Waals surface area contributed by atoms with Crippen LogP contribution < -0.4 is 19.9 Å². The average molecular weight is 511 g/mol. The quantitative estimate of drug-likeness (QED) is 0.409. The molecule has 0 atom stereocenters. The fourth-order valence-electron chi connectivity index (χ4n) is 4.16. The Bertz CT molecular complexity index is 1340. The van der Waals surface area contributed by atoms with Gasteiger partial charge in [-0.3, -0.25) is 19.1 Å². The number of fused-ring (bicyclic) bond motifs is 1. The van der Waals surface area contributed by atoms with E-state index >= 15 is 0 Å². The van der Waals surface area contributed by atoms with Gasteiger partial charge in [0.15, 0.2) is 11.5 Å². The highest BCUT2D eigenvalue weighted by molar-refractivity contribution is 8.26. The number of unbranched alkanes of at least 4 members (excludes halogenated alkanes) is 1. The van der Waals surface area contributed by atoms with Crippen LogP contribution in [0.4, 0.5) is 5.82 Å². The lowest BCUT2D eigenvalue weighted by Crippen LogP contribution is -2.31. The Kier molecular flexibility index (Phi) is 7.19. The van der Waals surface area contributed by atoms with Gasteiger partial charge in [0.2, 0.25) is 6.79 Å². The molecule has 1 aromatic carbocycles. The molecule has 2 aliphatic rings. The molecule has 0 N–H and O–H groups in total. The molecule has 0 bridgehead atoms. The number of nitrogens with zero attached hydrogens (tertiary/aromatic N) is 4. The van der Waals surface area contributed by atoms with Crippen LogP contribution in [0.2, 0.25) is 0 Å². The number of hydrogen-bond acceptors (Lipinski definition) is 8. The molecule has 0 radical (unpaired) electrons. The molecule has 0 unspecified atom stereocenters. The summed E-state index contributed by atoms with van der Waals surface area (Å²) in [6, 6.07) is 7.58. The Labute approximate surface area is 213 Å². The van der Waals surface area contributed by atoms with Gasteiger partial charge in [0.25, 0.3) is 11.5 Å². The standard InChI is InChI=1S/C25H26N4O4S2/c1-5-6-9-27(3)22-17(15(2)18(12-26)23(30)28(22)4)11-21-24(31)29(25(34)35-21)13-16-7-8-19-20(10-16)33-14-32-19/h7-8,10-11H,5-6,9,13-14H2,1-4H3/b21-11-. The summed E-state index contributed by atoms with van der Waals surface area (Å²) >= 11 is 6.75. The van der Waals surface area contributed by atoms with Crippen LogP contribution in [0.25, 0.3) is 6.08 Å². The van der Waals surface area contributed by atoms with Gasteiger partial charge < -0.3 is 14.4 Å². The Morgan fingerprint density at radius 3 is 2.74 bits per heavy atom. The first kappa shape index (κ1) is 24.8. The van der Waals surface area contributed by atoms with Gasteiger partial charge in [-0.25, -0.2) is 0 Å². The molecule has 0 spiro atoms. The second-order valence-electron chi connectivity index (χ2n) is 8.44. The summed E-state index contributed by atoms with van der Waals surface area (Å²) in [4.78, 5) is 30.2. The van der Waals surface area contributed by atoms with Crippen molar-refractivity contribution in [2.75, 3.05) is 25.3 Å². The van der Waals surface area contributed by atoms with Gasteiger partial charge in [-0.05, 0) is 42.7 Å². The van der Waals surface area contributed by atoms with Crippen LogP contribution in [0.1, 0.15) is 42.0 Å². The van der Waals surface area contributed by atoms with E-state index in [2.05, 4.69) is 6.92 Å². The molecular formula is C25H26N4O4S2. The molecule has 1 amide bonds. The zero-order valence-corrected chi connectivity index (χ0v) is 21.7. The van der Waals surface area contributed by atoms with Crippen molar-refractivity contribution in [3.8, 4) is 17.6 Å². The molecule has 35 heavy (non-hydrogen) atoms. The van der Waals surface area contributed by atoms with Gasteiger partial charge in [0.05, 0.1) is 11.4 Å². The molecular weight excluding hydrogens is 484 g/mol. The van der Waals surface area contributed by atoms with E-state index in [1.165, 1.54) is 16.3 Å². The number of nitriles is 1. The number of carbonyl (C=O) groups is 1. The normalized spacial score (nSPS) is 15.7. The number of rotatable bonds is 7. The molecule has 10 heteroatoms. The summed E-state index contributed by atoms with van der Waals surface area (Å²) in [5.41, 5.74) is 1.82. The van der Waals surface area contributed by atoms with E-state index in [1.54, 1.807) is 24.9 Å². The minimum Gasteiger partial charge on any atom is -0.454 e. The molecule has 0 aliphatic carbocycles. The van der Waals surface area contributed by atoms with Crippen LogP contribution in [-0.4, -0.2) is 40.1 Å². The van der Waals surface area contributed by atoms with Crippen molar-refractivity contribution in [3.05, 3.63) is 55.7 Å². The van der Waals surface area contributed by atoms with Gasteiger partial charge in [0, 0.05) is 26.2 Å². The molecule has 3 heterocycles. The highest BCUT2D eigenvalue weighted by atomic mass is 32.2.